The van der Waals surface area contributed by atoms with E-state index in [1.54, 1.807) is 6.20 Å². The molecule has 2 rings (SSSR count). The molecule has 0 amide bonds. The zero-order valence-electron chi connectivity index (χ0n) is 9.64. The normalized spacial score (nSPS) is 12.6. The van der Waals surface area contributed by atoms with Crippen molar-refractivity contribution in [3.63, 3.8) is 0 Å². The first-order valence-electron chi connectivity index (χ1n) is 5.36. The molecule has 0 fully saturated rings. The van der Waals surface area contributed by atoms with Gasteiger partial charge in [0.15, 0.2) is 0 Å². The molecule has 0 radical (unpaired) electrons. The average Bonchev–Trinajstić information content (AvgIpc) is 2.80. The SMILES string of the molecule is CCC(NC)c1nnc(-c2cncc(F)c2)s1. The van der Waals surface area contributed by atoms with Gasteiger partial charge in [0.25, 0.3) is 0 Å². The van der Waals surface area contributed by atoms with Crippen LogP contribution in [-0.4, -0.2) is 22.2 Å². The van der Waals surface area contributed by atoms with Crippen molar-refractivity contribution in [1.29, 1.82) is 0 Å². The van der Waals surface area contributed by atoms with Crippen molar-refractivity contribution in [3.8, 4) is 10.6 Å². The van der Waals surface area contributed by atoms with Crippen LogP contribution in [0.25, 0.3) is 10.6 Å². The van der Waals surface area contributed by atoms with Crippen LogP contribution in [0.3, 0.4) is 0 Å². The number of hydrogen-bond donors (Lipinski definition) is 1. The third-order valence-electron chi connectivity index (χ3n) is 2.45. The highest BCUT2D eigenvalue weighted by atomic mass is 32.1. The standard InChI is InChI=1S/C11H13FN4S/c1-3-9(13-2)11-16-15-10(17-11)7-4-8(12)6-14-5-7/h4-6,9,13H,3H2,1-2H3. The third-order valence-corrected chi connectivity index (χ3v) is 3.53. The molecule has 1 atom stereocenters. The minimum absolute atomic E-state index is 0.197. The summed E-state index contributed by atoms with van der Waals surface area (Å²) in [6.07, 6.45) is 3.70. The van der Waals surface area contributed by atoms with E-state index in [1.165, 1.54) is 23.6 Å². The van der Waals surface area contributed by atoms with E-state index in [4.69, 9.17) is 0 Å². The molecular formula is C11H13FN4S. The number of hydrogen-bond acceptors (Lipinski definition) is 5. The first kappa shape index (κ1) is 12.1. The van der Waals surface area contributed by atoms with Crippen LogP contribution in [0, 0.1) is 5.82 Å². The Morgan fingerprint density at radius 3 is 2.88 bits per heavy atom. The third kappa shape index (κ3) is 2.65. The number of pyridine rings is 1. The summed E-state index contributed by atoms with van der Waals surface area (Å²) >= 11 is 1.46. The van der Waals surface area contributed by atoms with Crippen LogP contribution in [0.1, 0.15) is 24.4 Å². The molecule has 2 heterocycles. The molecule has 17 heavy (non-hydrogen) atoms. The van der Waals surface area contributed by atoms with E-state index in [2.05, 4.69) is 27.4 Å². The van der Waals surface area contributed by atoms with Crippen LogP contribution >= 0.6 is 11.3 Å². The Bertz CT molecular complexity index is 496. The second kappa shape index (κ2) is 5.29. The van der Waals surface area contributed by atoms with Crippen molar-refractivity contribution in [2.45, 2.75) is 19.4 Å². The predicted molar refractivity (Wildman–Crippen MR) is 65.2 cm³/mol. The second-order valence-electron chi connectivity index (χ2n) is 3.59. The van der Waals surface area contributed by atoms with Crippen molar-refractivity contribution in [1.82, 2.24) is 20.5 Å². The van der Waals surface area contributed by atoms with Crippen molar-refractivity contribution < 1.29 is 4.39 Å². The summed E-state index contributed by atoms with van der Waals surface area (Å²) in [5.41, 5.74) is 0.666. The molecule has 0 bridgehead atoms. The summed E-state index contributed by atoms with van der Waals surface area (Å²) in [5.74, 6) is -0.361. The molecule has 0 spiro atoms. The molecule has 0 aliphatic heterocycles. The van der Waals surface area contributed by atoms with Gasteiger partial charge in [-0.3, -0.25) is 4.98 Å². The van der Waals surface area contributed by atoms with Gasteiger partial charge >= 0.3 is 0 Å². The fourth-order valence-corrected chi connectivity index (χ4v) is 2.54. The van der Waals surface area contributed by atoms with Crippen LogP contribution in [0.4, 0.5) is 4.39 Å². The Kier molecular flexibility index (Phi) is 3.75. The monoisotopic (exact) mass is 252 g/mol. The molecule has 0 aliphatic rings. The minimum Gasteiger partial charge on any atom is -0.311 e. The fourth-order valence-electron chi connectivity index (χ4n) is 1.52. The van der Waals surface area contributed by atoms with Crippen LogP contribution in [0.15, 0.2) is 18.5 Å². The largest absolute Gasteiger partial charge is 0.311 e. The zero-order chi connectivity index (χ0) is 12.3. The van der Waals surface area contributed by atoms with Gasteiger partial charge in [0, 0.05) is 11.8 Å². The number of rotatable bonds is 4. The van der Waals surface area contributed by atoms with Crippen LogP contribution in [-0.2, 0) is 0 Å². The summed E-state index contributed by atoms with van der Waals surface area (Å²) in [4.78, 5) is 3.80. The Morgan fingerprint density at radius 1 is 1.41 bits per heavy atom. The summed E-state index contributed by atoms with van der Waals surface area (Å²) < 4.78 is 13.0. The van der Waals surface area contributed by atoms with Gasteiger partial charge in [0.1, 0.15) is 15.8 Å². The van der Waals surface area contributed by atoms with E-state index in [0.717, 1.165) is 11.4 Å². The molecule has 0 aliphatic carbocycles. The maximum Gasteiger partial charge on any atom is 0.149 e. The number of nitrogens with zero attached hydrogens (tertiary/aromatic N) is 3. The van der Waals surface area contributed by atoms with Crippen molar-refractivity contribution in [3.05, 3.63) is 29.3 Å². The zero-order valence-corrected chi connectivity index (χ0v) is 10.5. The average molecular weight is 252 g/mol. The molecule has 0 saturated heterocycles. The van der Waals surface area contributed by atoms with Crippen molar-refractivity contribution in [2.24, 2.45) is 0 Å². The number of aromatic nitrogens is 3. The topological polar surface area (TPSA) is 50.7 Å². The molecule has 6 heteroatoms. The van der Waals surface area contributed by atoms with Crippen LogP contribution in [0.5, 0.6) is 0 Å². The molecule has 4 nitrogen and oxygen atoms in total. The van der Waals surface area contributed by atoms with Crippen LogP contribution < -0.4 is 5.32 Å². The van der Waals surface area contributed by atoms with E-state index < -0.39 is 0 Å². The van der Waals surface area contributed by atoms with Gasteiger partial charge < -0.3 is 5.32 Å². The van der Waals surface area contributed by atoms with Crippen LogP contribution in [0.2, 0.25) is 0 Å². The Balaban J connectivity index is 2.29. The lowest BCUT2D eigenvalue weighted by Crippen LogP contribution is -2.14. The highest BCUT2D eigenvalue weighted by Crippen LogP contribution is 2.27. The molecule has 1 N–H and O–H groups in total. The maximum atomic E-state index is 13.0. The number of nitrogens with one attached hydrogen (secondary N) is 1. The van der Waals surface area contributed by atoms with Gasteiger partial charge in [0.2, 0.25) is 0 Å². The second-order valence-corrected chi connectivity index (χ2v) is 4.60. The van der Waals surface area contributed by atoms with Crippen molar-refractivity contribution >= 4 is 11.3 Å². The molecule has 1 unspecified atom stereocenters. The van der Waals surface area contributed by atoms with Crippen molar-refractivity contribution in [2.75, 3.05) is 7.05 Å². The lowest BCUT2D eigenvalue weighted by Gasteiger charge is -2.07. The highest BCUT2D eigenvalue weighted by Gasteiger charge is 2.14. The van der Waals surface area contributed by atoms with Gasteiger partial charge in [-0.1, -0.05) is 18.3 Å². The quantitative estimate of drug-likeness (QED) is 0.908. The number of halogens is 1. The summed E-state index contributed by atoms with van der Waals surface area (Å²) in [5, 5.41) is 13.0. The first-order chi connectivity index (χ1) is 8.24. The first-order valence-corrected chi connectivity index (χ1v) is 6.17. The van der Waals surface area contributed by atoms with Gasteiger partial charge in [-0.2, -0.15) is 0 Å². The fraction of sp³-hybridized carbons (Fsp3) is 0.364. The highest BCUT2D eigenvalue weighted by molar-refractivity contribution is 7.14. The van der Waals surface area contributed by atoms with E-state index in [9.17, 15) is 4.39 Å². The summed E-state index contributed by atoms with van der Waals surface area (Å²) in [7, 11) is 1.89. The molecule has 2 aromatic rings. The maximum absolute atomic E-state index is 13.0. The summed E-state index contributed by atoms with van der Waals surface area (Å²) in [6.45, 7) is 2.08. The molecule has 2 aromatic heterocycles. The molecule has 0 aromatic carbocycles. The van der Waals surface area contributed by atoms with E-state index in [1.807, 2.05) is 7.05 Å². The van der Waals surface area contributed by atoms with Gasteiger partial charge in [-0.15, -0.1) is 10.2 Å². The van der Waals surface area contributed by atoms with E-state index in [0.29, 0.717) is 10.6 Å². The lowest BCUT2D eigenvalue weighted by molar-refractivity contribution is 0.568. The molecular weight excluding hydrogens is 239 g/mol. The Morgan fingerprint density at radius 2 is 2.24 bits per heavy atom. The smallest absolute Gasteiger partial charge is 0.149 e. The Labute approximate surface area is 103 Å². The molecule has 90 valence electrons. The van der Waals surface area contributed by atoms with Gasteiger partial charge in [-0.25, -0.2) is 4.39 Å². The lowest BCUT2D eigenvalue weighted by atomic mass is 10.2. The van der Waals surface area contributed by atoms with E-state index >= 15 is 0 Å². The van der Waals surface area contributed by atoms with Gasteiger partial charge in [0.05, 0.1) is 12.2 Å². The predicted octanol–water partition coefficient (Wildman–Crippen LogP) is 2.41. The summed E-state index contributed by atoms with van der Waals surface area (Å²) in [6, 6.07) is 1.61. The Hall–Kier alpha value is -1.40. The minimum atomic E-state index is -0.361. The van der Waals surface area contributed by atoms with Gasteiger partial charge in [-0.05, 0) is 19.5 Å². The van der Waals surface area contributed by atoms with E-state index in [-0.39, 0.29) is 11.9 Å². The molecule has 0 saturated carbocycles.